The van der Waals surface area contributed by atoms with Crippen LogP contribution in [-0.4, -0.2) is 26.2 Å². The molecule has 1 heterocycles. The zero-order chi connectivity index (χ0) is 10.7. The van der Waals surface area contributed by atoms with Crippen molar-refractivity contribution in [2.24, 2.45) is 5.73 Å². The highest BCUT2D eigenvalue weighted by molar-refractivity contribution is 5.32. The smallest absolute Gasteiger partial charge is 0.119 e. The number of nitrogens with two attached hydrogens (primary N) is 1. The van der Waals surface area contributed by atoms with E-state index in [1.165, 1.54) is 5.56 Å². The molecule has 0 spiro atoms. The molecule has 1 aromatic rings. The molecule has 0 saturated carbocycles. The summed E-state index contributed by atoms with van der Waals surface area (Å²) < 4.78 is 5.22. The Morgan fingerprint density at radius 1 is 1.47 bits per heavy atom. The monoisotopic (exact) mass is 206 g/mol. The van der Waals surface area contributed by atoms with Crippen molar-refractivity contribution in [3.05, 3.63) is 29.8 Å². The van der Waals surface area contributed by atoms with E-state index in [-0.39, 0.29) is 6.04 Å². The summed E-state index contributed by atoms with van der Waals surface area (Å²) in [4.78, 5) is 0. The number of methoxy groups -OCH3 is 1. The Bertz CT molecular complexity index is 327. The van der Waals surface area contributed by atoms with Gasteiger partial charge in [-0.1, -0.05) is 12.1 Å². The summed E-state index contributed by atoms with van der Waals surface area (Å²) in [5.74, 6) is 1.32. The summed E-state index contributed by atoms with van der Waals surface area (Å²) in [6.07, 6.45) is 1.04. The number of benzene rings is 1. The molecule has 15 heavy (non-hydrogen) atoms. The lowest BCUT2D eigenvalue weighted by molar-refractivity contribution is 0.395. The Kier molecular flexibility index (Phi) is 3.23. The average molecular weight is 206 g/mol. The normalized spacial score (nSPS) is 26.3. The topological polar surface area (TPSA) is 47.3 Å². The number of ether oxygens (including phenoxy) is 1. The Hall–Kier alpha value is -1.06. The average Bonchev–Trinajstić information content (AvgIpc) is 2.30. The first kappa shape index (κ1) is 10.5. The predicted molar refractivity (Wildman–Crippen MR) is 61.2 cm³/mol. The van der Waals surface area contributed by atoms with Gasteiger partial charge in [-0.3, -0.25) is 0 Å². The highest BCUT2D eigenvalue weighted by Gasteiger charge is 2.23. The van der Waals surface area contributed by atoms with Gasteiger partial charge in [-0.05, 0) is 30.7 Å². The molecule has 3 N–H and O–H groups in total. The molecule has 82 valence electrons. The van der Waals surface area contributed by atoms with Crippen molar-refractivity contribution >= 4 is 0 Å². The molecule has 0 bridgehead atoms. The molecule has 1 aromatic carbocycles. The van der Waals surface area contributed by atoms with Gasteiger partial charge in [0.25, 0.3) is 0 Å². The fourth-order valence-electron chi connectivity index (χ4n) is 2.12. The summed E-state index contributed by atoms with van der Waals surface area (Å²) >= 11 is 0. The van der Waals surface area contributed by atoms with Crippen molar-refractivity contribution in [3.63, 3.8) is 0 Å². The molecule has 0 aromatic heterocycles. The SMILES string of the molecule is COc1cccc(C2CNCCC2N)c1. The molecule has 3 nitrogen and oxygen atoms in total. The molecule has 0 amide bonds. The third-order valence-electron chi connectivity index (χ3n) is 3.06. The highest BCUT2D eigenvalue weighted by Crippen LogP contribution is 2.25. The Morgan fingerprint density at radius 3 is 3.07 bits per heavy atom. The maximum atomic E-state index is 6.12. The Balaban J connectivity index is 2.19. The van der Waals surface area contributed by atoms with E-state index in [0.29, 0.717) is 5.92 Å². The molecule has 0 radical (unpaired) electrons. The van der Waals surface area contributed by atoms with Crippen LogP contribution in [0.2, 0.25) is 0 Å². The molecule has 1 saturated heterocycles. The minimum absolute atomic E-state index is 0.262. The van der Waals surface area contributed by atoms with E-state index in [1.807, 2.05) is 12.1 Å². The van der Waals surface area contributed by atoms with Crippen molar-refractivity contribution in [2.45, 2.75) is 18.4 Å². The van der Waals surface area contributed by atoms with Crippen LogP contribution in [0.1, 0.15) is 17.9 Å². The fraction of sp³-hybridized carbons (Fsp3) is 0.500. The summed E-state index contributed by atoms with van der Waals surface area (Å²) in [6.45, 7) is 2.00. The van der Waals surface area contributed by atoms with Gasteiger partial charge in [-0.25, -0.2) is 0 Å². The maximum absolute atomic E-state index is 6.12. The van der Waals surface area contributed by atoms with Crippen LogP contribution in [0.5, 0.6) is 5.75 Å². The van der Waals surface area contributed by atoms with Crippen LogP contribution in [0.4, 0.5) is 0 Å². The second-order valence-corrected chi connectivity index (χ2v) is 4.04. The molecule has 1 fully saturated rings. The quantitative estimate of drug-likeness (QED) is 0.761. The Labute approximate surface area is 90.6 Å². The third-order valence-corrected chi connectivity index (χ3v) is 3.06. The number of piperidine rings is 1. The van der Waals surface area contributed by atoms with E-state index in [4.69, 9.17) is 10.5 Å². The number of hydrogen-bond acceptors (Lipinski definition) is 3. The van der Waals surface area contributed by atoms with Crippen LogP contribution in [0.3, 0.4) is 0 Å². The highest BCUT2D eigenvalue weighted by atomic mass is 16.5. The molecular formula is C12H18N2O. The van der Waals surface area contributed by atoms with Crippen LogP contribution >= 0.6 is 0 Å². The van der Waals surface area contributed by atoms with E-state index in [0.717, 1.165) is 25.3 Å². The lowest BCUT2D eigenvalue weighted by Gasteiger charge is -2.29. The standard InChI is InChI=1S/C12H18N2O/c1-15-10-4-2-3-9(7-10)11-8-14-6-5-12(11)13/h2-4,7,11-12,14H,5-6,8,13H2,1H3. The molecule has 2 atom stereocenters. The van der Waals surface area contributed by atoms with Crippen molar-refractivity contribution in [1.82, 2.24) is 5.32 Å². The summed E-state index contributed by atoms with van der Waals surface area (Å²) in [5, 5.41) is 3.38. The largest absolute Gasteiger partial charge is 0.497 e. The van der Waals surface area contributed by atoms with E-state index in [1.54, 1.807) is 7.11 Å². The van der Waals surface area contributed by atoms with E-state index in [9.17, 15) is 0 Å². The van der Waals surface area contributed by atoms with Gasteiger partial charge in [0.05, 0.1) is 7.11 Å². The lowest BCUT2D eigenvalue weighted by atomic mass is 9.87. The lowest BCUT2D eigenvalue weighted by Crippen LogP contribution is -2.43. The van der Waals surface area contributed by atoms with Gasteiger partial charge in [-0.15, -0.1) is 0 Å². The van der Waals surface area contributed by atoms with Crippen LogP contribution in [0.15, 0.2) is 24.3 Å². The van der Waals surface area contributed by atoms with Gasteiger partial charge in [0.1, 0.15) is 5.75 Å². The van der Waals surface area contributed by atoms with E-state index in [2.05, 4.69) is 17.4 Å². The van der Waals surface area contributed by atoms with E-state index < -0.39 is 0 Å². The van der Waals surface area contributed by atoms with Gasteiger partial charge in [0.15, 0.2) is 0 Å². The van der Waals surface area contributed by atoms with Gasteiger partial charge < -0.3 is 15.8 Å². The number of hydrogen-bond donors (Lipinski definition) is 2. The van der Waals surface area contributed by atoms with Crippen molar-refractivity contribution in [1.29, 1.82) is 0 Å². The van der Waals surface area contributed by atoms with Gasteiger partial charge in [0, 0.05) is 18.5 Å². The summed E-state index contributed by atoms with van der Waals surface area (Å²) in [6, 6.07) is 8.46. The molecule has 1 aliphatic heterocycles. The van der Waals surface area contributed by atoms with Crippen LogP contribution in [0.25, 0.3) is 0 Å². The molecular weight excluding hydrogens is 188 g/mol. The minimum atomic E-state index is 0.262. The second-order valence-electron chi connectivity index (χ2n) is 4.04. The van der Waals surface area contributed by atoms with Gasteiger partial charge in [-0.2, -0.15) is 0 Å². The summed E-state index contributed by atoms with van der Waals surface area (Å²) in [7, 11) is 1.69. The first-order valence-electron chi connectivity index (χ1n) is 5.41. The number of nitrogens with one attached hydrogen (secondary N) is 1. The fourth-order valence-corrected chi connectivity index (χ4v) is 2.12. The molecule has 2 rings (SSSR count). The maximum Gasteiger partial charge on any atom is 0.119 e. The Morgan fingerprint density at radius 2 is 2.33 bits per heavy atom. The number of rotatable bonds is 2. The van der Waals surface area contributed by atoms with Crippen LogP contribution in [-0.2, 0) is 0 Å². The molecule has 1 aliphatic rings. The predicted octanol–water partition coefficient (Wildman–Crippen LogP) is 1.10. The first-order valence-corrected chi connectivity index (χ1v) is 5.41. The molecule has 2 unspecified atom stereocenters. The first-order chi connectivity index (χ1) is 7.31. The van der Waals surface area contributed by atoms with Crippen molar-refractivity contribution in [3.8, 4) is 5.75 Å². The third kappa shape index (κ3) is 2.30. The molecule has 0 aliphatic carbocycles. The zero-order valence-electron chi connectivity index (χ0n) is 9.07. The van der Waals surface area contributed by atoms with Crippen LogP contribution in [0, 0.1) is 0 Å². The van der Waals surface area contributed by atoms with Gasteiger partial charge >= 0.3 is 0 Å². The zero-order valence-corrected chi connectivity index (χ0v) is 9.07. The van der Waals surface area contributed by atoms with E-state index >= 15 is 0 Å². The van der Waals surface area contributed by atoms with Crippen molar-refractivity contribution < 1.29 is 4.74 Å². The minimum Gasteiger partial charge on any atom is -0.497 e. The van der Waals surface area contributed by atoms with Crippen LogP contribution < -0.4 is 15.8 Å². The molecule has 3 heteroatoms. The second kappa shape index (κ2) is 4.64. The van der Waals surface area contributed by atoms with Crippen molar-refractivity contribution in [2.75, 3.05) is 20.2 Å². The van der Waals surface area contributed by atoms with Gasteiger partial charge in [0.2, 0.25) is 0 Å². The summed E-state index contributed by atoms with van der Waals surface area (Å²) in [5.41, 5.74) is 7.39.